The van der Waals surface area contributed by atoms with Gasteiger partial charge in [-0.3, -0.25) is 4.79 Å². The van der Waals surface area contributed by atoms with E-state index in [1.165, 1.54) is 0 Å². The van der Waals surface area contributed by atoms with E-state index in [0.29, 0.717) is 29.2 Å². The summed E-state index contributed by atoms with van der Waals surface area (Å²) in [6.07, 6.45) is 3.87. The van der Waals surface area contributed by atoms with E-state index in [1.807, 2.05) is 26.8 Å². The zero-order valence-electron chi connectivity index (χ0n) is 16.9. The maximum atomic E-state index is 11.5. The number of carbonyl (C=O) groups is 2. The standard InChI is InChI=1S/C13H25N3O2S.C7H7NO/c1-13(2,3)18-12(17)15-8-9-4-6-10(7-5-9)16-11(14)19;8-7(9)6-4-2-1-3-5-6/h9-10H,4-8H2,1-3H3,(H,15,17)(H3,14,16,19);1-5H,(H2,8,9). The molecule has 7 nitrogen and oxygen atoms in total. The lowest BCUT2D eigenvalue weighted by atomic mass is 9.86. The topological polar surface area (TPSA) is 119 Å². The molecule has 0 heterocycles. The number of carbonyl (C=O) groups excluding carboxylic acids is 2. The van der Waals surface area contributed by atoms with Crippen LogP contribution < -0.4 is 22.1 Å². The third-order valence-corrected chi connectivity index (χ3v) is 4.30. The molecule has 0 radical (unpaired) electrons. The van der Waals surface area contributed by atoms with E-state index in [4.69, 9.17) is 28.4 Å². The van der Waals surface area contributed by atoms with Crippen LogP contribution in [0.3, 0.4) is 0 Å². The lowest BCUT2D eigenvalue weighted by Crippen LogP contribution is -2.42. The number of amides is 2. The highest BCUT2D eigenvalue weighted by atomic mass is 32.1. The van der Waals surface area contributed by atoms with Crippen molar-refractivity contribution in [3.05, 3.63) is 35.9 Å². The molecule has 0 unspecified atom stereocenters. The van der Waals surface area contributed by atoms with Crippen molar-refractivity contribution in [1.29, 1.82) is 0 Å². The summed E-state index contributed by atoms with van der Waals surface area (Å²) in [5.74, 6) is 0.132. The number of nitrogens with one attached hydrogen (secondary N) is 2. The number of hydrogen-bond acceptors (Lipinski definition) is 4. The number of thiocarbonyl (C=S) groups is 1. The second kappa shape index (κ2) is 11.5. The lowest BCUT2D eigenvalue weighted by Gasteiger charge is -2.29. The van der Waals surface area contributed by atoms with E-state index < -0.39 is 5.60 Å². The van der Waals surface area contributed by atoms with Crippen molar-refractivity contribution in [2.45, 2.75) is 58.1 Å². The Labute approximate surface area is 172 Å². The number of ether oxygens (including phenoxy) is 1. The summed E-state index contributed by atoms with van der Waals surface area (Å²) in [4.78, 5) is 22.0. The fourth-order valence-corrected chi connectivity index (χ4v) is 3.02. The van der Waals surface area contributed by atoms with Crippen LogP contribution in [0.5, 0.6) is 0 Å². The van der Waals surface area contributed by atoms with Gasteiger partial charge in [0.1, 0.15) is 5.60 Å². The molecule has 0 aromatic heterocycles. The molecular weight excluding hydrogens is 376 g/mol. The molecule has 2 amide bonds. The van der Waals surface area contributed by atoms with Crippen molar-refractivity contribution < 1.29 is 14.3 Å². The van der Waals surface area contributed by atoms with Crippen LogP contribution in [0.15, 0.2) is 30.3 Å². The summed E-state index contributed by atoms with van der Waals surface area (Å²) in [5, 5.41) is 6.30. The molecule has 28 heavy (non-hydrogen) atoms. The third kappa shape index (κ3) is 10.7. The molecule has 1 aromatic carbocycles. The van der Waals surface area contributed by atoms with Crippen LogP contribution in [-0.2, 0) is 4.74 Å². The van der Waals surface area contributed by atoms with Gasteiger partial charge < -0.3 is 26.8 Å². The fourth-order valence-electron chi connectivity index (χ4n) is 2.86. The Morgan fingerprint density at radius 1 is 1.11 bits per heavy atom. The van der Waals surface area contributed by atoms with Gasteiger partial charge in [-0.05, 0) is 76.7 Å². The summed E-state index contributed by atoms with van der Waals surface area (Å²) in [5.41, 5.74) is 10.5. The Bertz CT molecular complexity index is 639. The molecule has 8 heteroatoms. The Kier molecular flexibility index (Phi) is 9.72. The van der Waals surface area contributed by atoms with Gasteiger partial charge in [0, 0.05) is 18.2 Å². The van der Waals surface area contributed by atoms with Crippen LogP contribution in [0.25, 0.3) is 0 Å². The van der Waals surface area contributed by atoms with Crippen LogP contribution in [0.2, 0.25) is 0 Å². The Hall–Kier alpha value is -2.35. The second-order valence-corrected chi connectivity index (χ2v) is 8.28. The highest BCUT2D eigenvalue weighted by Crippen LogP contribution is 2.23. The summed E-state index contributed by atoms with van der Waals surface area (Å²) in [6, 6.07) is 9.15. The number of alkyl carbamates (subject to hydrolysis) is 1. The molecule has 1 aromatic rings. The Morgan fingerprint density at radius 3 is 2.11 bits per heavy atom. The van der Waals surface area contributed by atoms with Gasteiger partial charge in [-0.25, -0.2) is 4.79 Å². The largest absolute Gasteiger partial charge is 0.444 e. The minimum Gasteiger partial charge on any atom is -0.444 e. The minimum atomic E-state index is -0.442. The first-order valence-electron chi connectivity index (χ1n) is 9.44. The first-order chi connectivity index (χ1) is 13.1. The molecule has 1 aliphatic rings. The fraction of sp³-hybridized carbons (Fsp3) is 0.550. The van der Waals surface area contributed by atoms with E-state index in [1.54, 1.807) is 24.3 Å². The summed E-state index contributed by atoms with van der Waals surface area (Å²) < 4.78 is 5.21. The highest BCUT2D eigenvalue weighted by Gasteiger charge is 2.22. The number of primary amides is 1. The summed E-state index contributed by atoms with van der Waals surface area (Å²) >= 11 is 4.83. The SMILES string of the molecule is CC(C)(C)OC(=O)NCC1CCC(NC(N)=S)CC1.NC(=O)c1ccccc1. The normalized spacial score (nSPS) is 18.8. The van der Waals surface area contributed by atoms with E-state index in [-0.39, 0.29) is 12.0 Å². The molecule has 0 saturated heterocycles. The molecule has 1 fully saturated rings. The molecule has 0 spiro atoms. The van der Waals surface area contributed by atoms with E-state index in [0.717, 1.165) is 25.7 Å². The van der Waals surface area contributed by atoms with Gasteiger partial charge in [0.25, 0.3) is 0 Å². The zero-order chi connectivity index (χ0) is 21.2. The second-order valence-electron chi connectivity index (χ2n) is 7.84. The predicted octanol–water partition coefficient (Wildman–Crippen LogP) is 2.69. The van der Waals surface area contributed by atoms with Crippen molar-refractivity contribution in [3.63, 3.8) is 0 Å². The van der Waals surface area contributed by atoms with Crippen LogP contribution >= 0.6 is 12.2 Å². The first-order valence-corrected chi connectivity index (χ1v) is 9.85. The maximum absolute atomic E-state index is 11.5. The minimum absolute atomic E-state index is 0.337. The summed E-state index contributed by atoms with van der Waals surface area (Å²) in [7, 11) is 0. The maximum Gasteiger partial charge on any atom is 0.407 e. The van der Waals surface area contributed by atoms with Crippen LogP contribution in [0.4, 0.5) is 4.79 Å². The number of benzene rings is 1. The van der Waals surface area contributed by atoms with Crippen LogP contribution in [0, 0.1) is 5.92 Å². The molecule has 0 atom stereocenters. The van der Waals surface area contributed by atoms with Crippen molar-refractivity contribution in [2.75, 3.05) is 6.54 Å². The van der Waals surface area contributed by atoms with Gasteiger partial charge in [-0.1, -0.05) is 18.2 Å². The van der Waals surface area contributed by atoms with Gasteiger partial charge in [0.2, 0.25) is 5.91 Å². The lowest BCUT2D eigenvalue weighted by molar-refractivity contribution is 0.0514. The average Bonchev–Trinajstić information content (AvgIpc) is 2.60. The quantitative estimate of drug-likeness (QED) is 0.569. The molecule has 2 rings (SSSR count). The van der Waals surface area contributed by atoms with Crippen molar-refractivity contribution in [3.8, 4) is 0 Å². The molecule has 6 N–H and O–H groups in total. The highest BCUT2D eigenvalue weighted by molar-refractivity contribution is 7.80. The molecule has 156 valence electrons. The van der Waals surface area contributed by atoms with Crippen molar-refractivity contribution in [2.24, 2.45) is 17.4 Å². The average molecular weight is 409 g/mol. The van der Waals surface area contributed by atoms with E-state index >= 15 is 0 Å². The zero-order valence-corrected chi connectivity index (χ0v) is 17.7. The predicted molar refractivity (Wildman–Crippen MR) is 115 cm³/mol. The van der Waals surface area contributed by atoms with Crippen molar-refractivity contribution in [1.82, 2.24) is 10.6 Å². The molecule has 1 saturated carbocycles. The third-order valence-electron chi connectivity index (χ3n) is 4.19. The van der Waals surface area contributed by atoms with Gasteiger partial charge in [0.05, 0.1) is 0 Å². The summed E-state index contributed by atoms with van der Waals surface area (Å²) in [6.45, 7) is 6.26. The smallest absolute Gasteiger partial charge is 0.407 e. The van der Waals surface area contributed by atoms with Crippen LogP contribution in [-0.4, -0.2) is 35.3 Å². The van der Waals surface area contributed by atoms with E-state index in [2.05, 4.69) is 10.6 Å². The molecular formula is C20H32N4O3S. The Balaban J connectivity index is 0.000000362. The van der Waals surface area contributed by atoms with Crippen LogP contribution in [0.1, 0.15) is 56.8 Å². The van der Waals surface area contributed by atoms with Gasteiger partial charge in [0.15, 0.2) is 5.11 Å². The number of nitrogens with two attached hydrogens (primary N) is 2. The number of rotatable bonds is 4. The van der Waals surface area contributed by atoms with Gasteiger partial charge in [-0.2, -0.15) is 0 Å². The Morgan fingerprint density at radius 2 is 1.68 bits per heavy atom. The van der Waals surface area contributed by atoms with E-state index in [9.17, 15) is 9.59 Å². The molecule has 0 aliphatic heterocycles. The first kappa shape index (κ1) is 23.7. The molecule has 0 bridgehead atoms. The van der Waals surface area contributed by atoms with Gasteiger partial charge >= 0.3 is 6.09 Å². The molecule has 1 aliphatic carbocycles. The van der Waals surface area contributed by atoms with Crippen molar-refractivity contribution >= 4 is 29.3 Å². The monoisotopic (exact) mass is 408 g/mol. The number of hydrogen-bond donors (Lipinski definition) is 4. The van der Waals surface area contributed by atoms with Gasteiger partial charge in [-0.15, -0.1) is 0 Å².